The van der Waals surface area contributed by atoms with Gasteiger partial charge in [-0.05, 0) is 35.7 Å². The molecule has 1 amide bonds. The predicted octanol–water partition coefficient (Wildman–Crippen LogP) is 1.70. The van der Waals surface area contributed by atoms with Crippen LogP contribution in [0.2, 0.25) is 5.02 Å². The minimum Gasteiger partial charge on any atom is -0.367 e. The van der Waals surface area contributed by atoms with Gasteiger partial charge in [-0.2, -0.15) is 0 Å². The van der Waals surface area contributed by atoms with E-state index in [-0.39, 0.29) is 5.69 Å². The fraction of sp³-hybridized carbons (Fsp3) is 0.312. The Morgan fingerprint density at radius 3 is 2.91 bits per heavy atom. The first-order chi connectivity index (χ1) is 11.1. The van der Waals surface area contributed by atoms with Gasteiger partial charge < -0.3 is 11.1 Å². The highest BCUT2D eigenvalue weighted by molar-refractivity contribution is 6.31. The summed E-state index contributed by atoms with van der Waals surface area (Å²) in [5.41, 5.74) is 7.87. The quantitative estimate of drug-likeness (QED) is 0.871. The number of carbonyl (C=O) groups is 1. The molecule has 1 aliphatic heterocycles. The van der Waals surface area contributed by atoms with Gasteiger partial charge in [0.25, 0.3) is 5.91 Å². The van der Waals surface area contributed by atoms with E-state index in [9.17, 15) is 4.79 Å². The molecule has 120 valence electrons. The summed E-state index contributed by atoms with van der Waals surface area (Å²) in [5.74, 6) is 0.0603. The van der Waals surface area contributed by atoms with E-state index in [0.717, 1.165) is 37.6 Å². The topological polar surface area (TPSA) is 84.1 Å². The zero-order valence-corrected chi connectivity index (χ0v) is 13.4. The second-order valence-corrected chi connectivity index (χ2v) is 5.91. The first-order valence-electron chi connectivity index (χ1n) is 7.49. The van der Waals surface area contributed by atoms with E-state index in [2.05, 4.69) is 26.5 Å². The number of benzene rings is 1. The average molecular weight is 332 g/mol. The van der Waals surface area contributed by atoms with Crippen LogP contribution in [0.1, 0.15) is 21.6 Å². The Balaban J connectivity index is 1.51. The van der Waals surface area contributed by atoms with E-state index in [1.165, 1.54) is 11.1 Å². The molecule has 0 unspecified atom stereocenters. The number of anilines is 1. The standard InChI is InChI=1S/C16H18ClN5O/c17-13-3-1-2-11-10-22(8-6-12(11)13)9-7-19-15-5-4-14(16(18)23)20-21-15/h1-5H,6-10H2,(H2,18,23)(H,19,21). The van der Waals surface area contributed by atoms with Gasteiger partial charge in [0.15, 0.2) is 5.69 Å². The lowest BCUT2D eigenvalue weighted by Gasteiger charge is -2.29. The highest BCUT2D eigenvalue weighted by atomic mass is 35.5. The molecule has 1 aliphatic rings. The number of hydrogen-bond acceptors (Lipinski definition) is 5. The van der Waals surface area contributed by atoms with Crippen LogP contribution >= 0.6 is 11.6 Å². The van der Waals surface area contributed by atoms with Crippen LogP contribution in [0.4, 0.5) is 5.82 Å². The number of primary amides is 1. The third-order valence-corrected chi connectivity index (χ3v) is 4.29. The highest BCUT2D eigenvalue weighted by Gasteiger charge is 2.17. The van der Waals surface area contributed by atoms with Crippen molar-refractivity contribution in [3.05, 3.63) is 52.2 Å². The van der Waals surface area contributed by atoms with Gasteiger partial charge in [-0.1, -0.05) is 23.7 Å². The second-order valence-electron chi connectivity index (χ2n) is 5.50. The van der Waals surface area contributed by atoms with E-state index in [1.807, 2.05) is 12.1 Å². The Bertz CT molecular complexity index is 704. The monoisotopic (exact) mass is 331 g/mol. The van der Waals surface area contributed by atoms with Crippen LogP contribution in [0.25, 0.3) is 0 Å². The van der Waals surface area contributed by atoms with E-state index >= 15 is 0 Å². The van der Waals surface area contributed by atoms with Crippen molar-refractivity contribution in [2.75, 3.05) is 25.0 Å². The number of hydrogen-bond donors (Lipinski definition) is 2. The number of carbonyl (C=O) groups excluding carboxylic acids is 1. The zero-order valence-electron chi connectivity index (χ0n) is 12.6. The summed E-state index contributed by atoms with van der Waals surface area (Å²) in [5, 5.41) is 11.8. The first kappa shape index (κ1) is 15.7. The molecule has 23 heavy (non-hydrogen) atoms. The van der Waals surface area contributed by atoms with E-state index in [4.69, 9.17) is 17.3 Å². The van der Waals surface area contributed by atoms with Crippen LogP contribution in [0.5, 0.6) is 0 Å². The smallest absolute Gasteiger partial charge is 0.269 e. The third kappa shape index (κ3) is 3.78. The number of nitrogens with one attached hydrogen (secondary N) is 1. The van der Waals surface area contributed by atoms with Crippen molar-refractivity contribution in [2.45, 2.75) is 13.0 Å². The van der Waals surface area contributed by atoms with Gasteiger partial charge in [-0.3, -0.25) is 9.69 Å². The van der Waals surface area contributed by atoms with Crippen molar-refractivity contribution in [1.29, 1.82) is 0 Å². The van der Waals surface area contributed by atoms with Crippen LogP contribution in [0, 0.1) is 0 Å². The Kier molecular flexibility index (Phi) is 4.73. The summed E-state index contributed by atoms with van der Waals surface area (Å²) in [7, 11) is 0. The lowest BCUT2D eigenvalue weighted by atomic mass is 10.00. The summed E-state index contributed by atoms with van der Waals surface area (Å²) >= 11 is 6.23. The summed E-state index contributed by atoms with van der Waals surface area (Å²) in [6.07, 6.45) is 0.974. The van der Waals surface area contributed by atoms with Crippen LogP contribution in [0.15, 0.2) is 30.3 Å². The molecule has 0 fully saturated rings. The number of amides is 1. The maximum Gasteiger partial charge on any atom is 0.269 e. The average Bonchev–Trinajstić information content (AvgIpc) is 2.55. The third-order valence-electron chi connectivity index (χ3n) is 3.94. The maximum atomic E-state index is 10.9. The van der Waals surface area contributed by atoms with Crippen LogP contribution in [0.3, 0.4) is 0 Å². The Hall–Kier alpha value is -2.18. The van der Waals surface area contributed by atoms with Crippen molar-refractivity contribution in [3.8, 4) is 0 Å². The van der Waals surface area contributed by atoms with E-state index in [0.29, 0.717) is 5.82 Å². The summed E-state index contributed by atoms with van der Waals surface area (Å²) in [4.78, 5) is 13.3. The van der Waals surface area contributed by atoms with E-state index < -0.39 is 5.91 Å². The van der Waals surface area contributed by atoms with Crippen LogP contribution in [-0.2, 0) is 13.0 Å². The van der Waals surface area contributed by atoms with Gasteiger partial charge in [0.2, 0.25) is 0 Å². The van der Waals surface area contributed by atoms with Crippen LogP contribution < -0.4 is 11.1 Å². The molecule has 3 rings (SSSR count). The van der Waals surface area contributed by atoms with Gasteiger partial charge >= 0.3 is 0 Å². The fourth-order valence-electron chi connectivity index (χ4n) is 2.71. The molecule has 0 spiro atoms. The number of aromatic nitrogens is 2. The van der Waals surface area contributed by atoms with Crippen molar-refractivity contribution >= 4 is 23.3 Å². The molecule has 0 aliphatic carbocycles. The number of nitrogens with two attached hydrogens (primary N) is 1. The number of halogens is 1. The summed E-state index contributed by atoms with van der Waals surface area (Å²) in [6.45, 7) is 3.54. The lowest BCUT2D eigenvalue weighted by Crippen LogP contribution is -2.34. The Labute approximate surface area is 139 Å². The van der Waals surface area contributed by atoms with Crippen molar-refractivity contribution in [2.24, 2.45) is 5.73 Å². The fourth-order valence-corrected chi connectivity index (χ4v) is 3.00. The molecule has 1 aromatic carbocycles. The lowest BCUT2D eigenvalue weighted by molar-refractivity contribution is 0.0994. The maximum absolute atomic E-state index is 10.9. The Morgan fingerprint density at radius 2 is 2.17 bits per heavy atom. The zero-order chi connectivity index (χ0) is 16.2. The second kappa shape index (κ2) is 6.93. The minimum atomic E-state index is -0.574. The molecule has 1 aromatic heterocycles. The molecule has 6 nitrogen and oxygen atoms in total. The summed E-state index contributed by atoms with van der Waals surface area (Å²) < 4.78 is 0. The first-order valence-corrected chi connectivity index (χ1v) is 7.87. The molecule has 3 N–H and O–H groups in total. The molecule has 0 atom stereocenters. The SMILES string of the molecule is NC(=O)c1ccc(NCCN2CCc3c(Cl)cccc3C2)nn1. The van der Waals surface area contributed by atoms with Gasteiger partial charge in [-0.15, -0.1) is 10.2 Å². The molecular formula is C16H18ClN5O. The van der Waals surface area contributed by atoms with Gasteiger partial charge in [0, 0.05) is 31.2 Å². The molecular weight excluding hydrogens is 314 g/mol. The van der Waals surface area contributed by atoms with E-state index in [1.54, 1.807) is 12.1 Å². The molecule has 7 heteroatoms. The Morgan fingerprint density at radius 1 is 1.30 bits per heavy atom. The van der Waals surface area contributed by atoms with Crippen molar-refractivity contribution in [1.82, 2.24) is 15.1 Å². The van der Waals surface area contributed by atoms with Gasteiger partial charge in [0.05, 0.1) is 0 Å². The molecule has 2 aromatic rings. The molecule has 0 bridgehead atoms. The highest BCUT2D eigenvalue weighted by Crippen LogP contribution is 2.25. The molecule has 0 saturated carbocycles. The number of fused-ring (bicyclic) bond motifs is 1. The molecule has 2 heterocycles. The van der Waals surface area contributed by atoms with Crippen LogP contribution in [-0.4, -0.2) is 40.6 Å². The van der Waals surface area contributed by atoms with Crippen molar-refractivity contribution in [3.63, 3.8) is 0 Å². The minimum absolute atomic E-state index is 0.167. The largest absolute Gasteiger partial charge is 0.367 e. The normalized spacial score (nSPS) is 14.3. The van der Waals surface area contributed by atoms with Gasteiger partial charge in [-0.25, -0.2) is 0 Å². The predicted molar refractivity (Wildman–Crippen MR) is 89.5 cm³/mol. The number of rotatable bonds is 5. The molecule has 0 radical (unpaired) electrons. The van der Waals surface area contributed by atoms with Gasteiger partial charge in [0.1, 0.15) is 5.82 Å². The number of nitrogens with zero attached hydrogens (tertiary/aromatic N) is 3. The van der Waals surface area contributed by atoms with Crippen molar-refractivity contribution < 1.29 is 4.79 Å². The molecule has 0 saturated heterocycles. The summed E-state index contributed by atoms with van der Waals surface area (Å²) in [6, 6.07) is 9.36.